The lowest BCUT2D eigenvalue weighted by Gasteiger charge is -2.05. The molecule has 0 bridgehead atoms. The van der Waals surface area contributed by atoms with Crippen molar-refractivity contribution in [2.24, 2.45) is 0 Å². The highest BCUT2D eigenvalue weighted by Crippen LogP contribution is 2.22. The minimum atomic E-state index is -3.51. The van der Waals surface area contributed by atoms with Crippen LogP contribution >= 0.6 is 11.3 Å². The molecule has 0 amide bonds. The van der Waals surface area contributed by atoms with Gasteiger partial charge < -0.3 is 4.42 Å². The SMILES string of the molecule is O=S(=O)(Cc1ccc(F)cc1)NCCc1nnc(-c2cccs2)o1. The second-order valence-corrected chi connectivity index (χ2v) is 7.76. The van der Waals surface area contributed by atoms with Crippen LogP contribution in [0.5, 0.6) is 0 Å². The Morgan fingerprint density at radius 2 is 1.96 bits per heavy atom. The first-order valence-corrected chi connectivity index (χ1v) is 9.63. The van der Waals surface area contributed by atoms with Crippen molar-refractivity contribution >= 4 is 21.4 Å². The van der Waals surface area contributed by atoms with Gasteiger partial charge in [0.1, 0.15) is 5.82 Å². The van der Waals surface area contributed by atoms with E-state index in [1.165, 1.54) is 35.6 Å². The van der Waals surface area contributed by atoms with Gasteiger partial charge in [0.15, 0.2) is 0 Å². The van der Waals surface area contributed by atoms with E-state index >= 15 is 0 Å². The third-order valence-corrected chi connectivity index (χ3v) is 5.34. The summed E-state index contributed by atoms with van der Waals surface area (Å²) in [4.78, 5) is 0.866. The maximum Gasteiger partial charge on any atom is 0.257 e. The van der Waals surface area contributed by atoms with E-state index in [0.29, 0.717) is 23.8 Å². The standard InChI is InChI=1S/C15H14FN3O3S2/c16-12-5-3-11(4-6-12)10-24(20,21)17-8-7-14-18-19-15(22-14)13-2-1-9-23-13/h1-6,9,17H,7-8,10H2. The highest BCUT2D eigenvalue weighted by Gasteiger charge is 2.13. The Kier molecular flexibility index (Phi) is 5.03. The van der Waals surface area contributed by atoms with Crippen LogP contribution in [-0.2, 0) is 22.2 Å². The molecule has 3 aromatic rings. The topological polar surface area (TPSA) is 85.1 Å². The first-order chi connectivity index (χ1) is 11.5. The molecule has 0 saturated carbocycles. The number of hydrogen-bond acceptors (Lipinski definition) is 6. The Hall–Kier alpha value is -2.10. The van der Waals surface area contributed by atoms with Crippen molar-refractivity contribution in [3.05, 3.63) is 59.0 Å². The third kappa shape index (κ3) is 4.47. The quantitative estimate of drug-likeness (QED) is 0.694. The van der Waals surface area contributed by atoms with Gasteiger partial charge in [0, 0.05) is 13.0 Å². The van der Waals surface area contributed by atoms with Crippen molar-refractivity contribution in [2.45, 2.75) is 12.2 Å². The Balaban J connectivity index is 1.53. The van der Waals surface area contributed by atoms with Crippen LogP contribution in [0.15, 0.2) is 46.2 Å². The Morgan fingerprint density at radius 1 is 1.17 bits per heavy atom. The Morgan fingerprint density at radius 3 is 2.67 bits per heavy atom. The van der Waals surface area contributed by atoms with Crippen LogP contribution in [0.1, 0.15) is 11.5 Å². The first kappa shape index (κ1) is 16.7. The van der Waals surface area contributed by atoms with Crippen molar-refractivity contribution < 1.29 is 17.2 Å². The largest absolute Gasteiger partial charge is 0.420 e. The van der Waals surface area contributed by atoms with Crippen molar-refractivity contribution in [1.29, 1.82) is 0 Å². The highest BCUT2D eigenvalue weighted by molar-refractivity contribution is 7.88. The van der Waals surface area contributed by atoms with Gasteiger partial charge in [0.2, 0.25) is 15.9 Å². The molecule has 0 radical (unpaired) electrons. The lowest BCUT2D eigenvalue weighted by molar-refractivity contribution is 0.502. The zero-order valence-corrected chi connectivity index (χ0v) is 14.1. The second kappa shape index (κ2) is 7.20. The fourth-order valence-corrected chi connectivity index (χ4v) is 3.81. The predicted octanol–water partition coefficient (Wildman–Crippen LogP) is 2.60. The fraction of sp³-hybridized carbons (Fsp3) is 0.200. The molecule has 0 aliphatic heterocycles. The number of thiophene rings is 1. The summed E-state index contributed by atoms with van der Waals surface area (Å²) in [6, 6.07) is 9.10. The van der Waals surface area contributed by atoms with Gasteiger partial charge in [-0.05, 0) is 29.1 Å². The average Bonchev–Trinajstić information content (AvgIpc) is 3.20. The van der Waals surface area contributed by atoms with Gasteiger partial charge in [0.25, 0.3) is 5.89 Å². The average molecular weight is 367 g/mol. The number of hydrogen-bond donors (Lipinski definition) is 1. The molecule has 1 N–H and O–H groups in total. The lowest BCUT2D eigenvalue weighted by Crippen LogP contribution is -2.27. The molecule has 3 rings (SSSR count). The summed E-state index contributed by atoms with van der Waals surface area (Å²) in [6.07, 6.45) is 0.293. The van der Waals surface area contributed by atoms with Gasteiger partial charge in [-0.1, -0.05) is 18.2 Å². The summed E-state index contributed by atoms with van der Waals surface area (Å²) >= 11 is 1.49. The van der Waals surface area contributed by atoms with E-state index in [4.69, 9.17) is 4.42 Å². The van der Waals surface area contributed by atoms with E-state index in [0.717, 1.165) is 4.88 Å². The van der Waals surface area contributed by atoms with Gasteiger partial charge in [-0.2, -0.15) is 0 Å². The molecule has 2 heterocycles. The molecule has 0 spiro atoms. The monoisotopic (exact) mass is 367 g/mol. The van der Waals surface area contributed by atoms with Crippen LogP contribution in [0.4, 0.5) is 4.39 Å². The third-order valence-electron chi connectivity index (χ3n) is 3.13. The molecule has 0 atom stereocenters. The zero-order chi connectivity index (χ0) is 17.0. The molecule has 9 heteroatoms. The van der Waals surface area contributed by atoms with Crippen LogP contribution < -0.4 is 4.72 Å². The summed E-state index contributed by atoms with van der Waals surface area (Å²) in [5.74, 6) is 0.177. The van der Waals surface area contributed by atoms with Gasteiger partial charge >= 0.3 is 0 Å². The minimum absolute atomic E-state index is 0.148. The second-order valence-electron chi connectivity index (χ2n) is 5.01. The van der Waals surface area contributed by atoms with Crippen LogP contribution in [0, 0.1) is 5.82 Å². The summed E-state index contributed by atoms with van der Waals surface area (Å²) in [5.41, 5.74) is 0.515. The van der Waals surface area contributed by atoms with Crippen LogP contribution in [-0.4, -0.2) is 25.2 Å². The van der Waals surface area contributed by atoms with Crippen LogP contribution in [0.3, 0.4) is 0 Å². The smallest absolute Gasteiger partial charge is 0.257 e. The van der Waals surface area contributed by atoms with E-state index in [-0.39, 0.29) is 12.3 Å². The van der Waals surface area contributed by atoms with Crippen LogP contribution in [0.25, 0.3) is 10.8 Å². The molecule has 0 aliphatic rings. The van der Waals surface area contributed by atoms with E-state index in [9.17, 15) is 12.8 Å². The first-order valence-electron chi connectivity index (χ1n) is 7.10. The number of halogens is 1. The van der Waals surface area contributed by atoms with Gasteiger partial charge in [0.05, 0.1) is 10.6 Å². The van der Waals surface area contributed by atoms with Crippen LogP contribution in [0.2, 0.25) is 0 Å². The number of benzene rings is 1. The molecule has 6 nitrogen and oxygen atoms in total. The molecular formula is C15H14FN3O3S2. The molecule has 0 saturated heterocycles. The maximum atomic E-state index is 12.8. The lowest BCUT2D eigenvalue weighted by atomic mass is 10.2. The molecule has 2 aromatic heterocycles. The molecule has 0 aliphatic carbocycles. The molecular weight excluding hydrogens is 353 g/mol. The zero-order valence-electron chi connectivity index (χ0n) is 12.5. The number of aromatic nitrogens is 2. The summed E-state index contributed by atoms with van der Waals surface area (Å²) in [6.45, 7) is 0.148. The van der Waals surface area contributed by atoms with Crippen molar-refractivity contribution in [1.82, 2.24) is 14.9 Å². The summed E-state index contributed by atoms with van der Waals surface area (Å²) in [7, 11) is -3.51. The van der Waals surface area contributed by atoms with E-state index in [1.54, 1.807) is 0 Å². The normalized spacial score (nSPS) is 11.7. The molecule has 24 heavy (non-hydrogen) atoms. The number of sulfonamides is 1. The number of nitrogens with one attached hydrogen (secondary N) is 1. The highest BCUT2D eigenvalue weighted by atomic mass is 32.2. The summed E-state index contributed by atoms with van der Waals surface area (Å²) < 4.78 is 44.8. The molecule has 0 unspecified atom stereocenters. The van der Waals surface area contributed by atoms with Gasteiger partial charge in [-0.15, -0.1) is 21.5 Å². The van der Waals surface area contributed by atoms with E-state index < -0.39 is 15.8 Å². The molecule has 0 fully saturated rings. The van der Waals surface area contributed by atoms with Gasteiger partial charge in [-0.25, -0.2) is 17.5 Å². The van der Waals surface area contributed by atoms with E-state index in [2.05, 4.69) is 14.9 Å². The van der Waals surface area contributed by atoms with Crippen molar-refractivity contribution in [3.8, 4) is 10.8 Å². The Labute approximate surface area is 142 Å². The van der Waals surface area contributed by atoms with E-state index in [1.807, 2.05) is 17.5 Å². The maximum absolute atomic E-state index is 12.8. The summed E-state index contributed by atoms with van der Waals surface area (Å²) in [5, 5.41) is 9.74. The predicted molar refractivity (Wildman–Crippen MR) is 88.3 cm³/mol. The fourth-order valence-electron chi connectivity index (χ4n) is 2.02. The number of nitrogens with zero attached hydrogens (tertiary/aromatic N) is 2. The molecule has 1 aromatic carbocycles. The van der Waals surface area contributed by atoms with Crippen molar-refractivity contribution in [3.63, 3.8) is 0 Å². The van der Waals surface area contributed by atoms with Gasteiger partial charge in [-0.3, -0.25) is 0 Å². The Bertz CT molecular complexity index is 890. The van der Waals surface area contributed by atoms with Crippen molar-refractivity contribution in [2.75, 3.05) is 6.54 Å². The minimum Gasteiger partial charge on any atom is -0.420 e. The molecule has 126 valence electrons. The number of rotatable bonds is 7.